The average molecular weight is 793 g/mol. The molecule has 0 saturated heterocycles. The van der Waals surface area contributed by atoms with Gasteiger partial charge >= 0.3 is 0 Å². The first-order valence-electron chi connectivity index (χ1n) is 22.6. The highest BCUT2D eigenvalue weighted by Crippen LogP contribution is 2.61. The van der Waals surface area contributed by atoms with Crippen molar-refractivity contribution in [3.63, 3.8) is 0 Å². The lowest BCUT2D eigenvalue weighted by Gasteiger charge is -2.37. The second-order valence-electron chi connectivity index (χ2n) is 17.1. The number of fused-ring (bicyclic) bond motifs is 5. The number of aryl methyl sites for hydroxylation is 1. The van der Waals surface area contributed by atoms with Crippen LogP contribution in [0.5, 0.6) is 0 Å². The molecule has 6 aliphatic carbocycles. The molecule has 1 saturated carbocycles. The number of benzene rings is 4. The van der Waals surface area contributed by atoms with Crippen LogP contribution in [0.25, 0.3) is 45.2 Å². The topological polar surface area (TPSA) is 6.48 Å². The number of rotatable bonds is 13. The van der Waals surface area contributed by atoms with Gasteiger partial charge in [0.15, 0.2) is 0 Å². The van der Waals surface area contributed by atoms with E-state index in [-0.39, 0.29) is 0 Å². The molecule has 3 atom stereocenters. The van der Waals surface area contributed by atoms with E-state index in [1.807, 2.05) is 0 Å². The molecule has 4 aromatic rings. The van der Waals surface area contributed by atoms with Crippen molar-refractivity contribution in [1.82, 2.24) is 0 Å². The lowest BCUT2D eigenvalue weighted by Crippen LogP contribution is -2.27. The fourth-order valence-electron chi connectivity index (χ4n) is 11.1. The predicted octanol–water partition coefficient (Wildman–Crippen LogP) is 15.3. The van der Waals surface area contributed by atoms with Gasteiger partial charge in [0.25, 0.3) is 0 Å². The van der Waals surface area contributed by atoms with E-state index in [0.29, 0.717) is 17.8 Å². The first-order valence-corrected chi connectivity index (χ1v) is 22.6. The Morgan fingerprint density at radius 2 is 1.52 bits per heavy atom. The third-order valence-electron chi connectivity index (χ3n) is 13.6. The highest BCUT2D eigenvalue weighted by Gasteiger charge is 2.42. The quantitative estimate of drug-likeness (QED) is 0.110. The maximum atomic E-state index is 4.76. The van der Waals surface area contributed by atoms with Crippen LogP contribution in [0.15, 0.2) is 187 Å². The van der Waals surface area contributed by atoms with E-state index in [2.05, 4.69) is 200 Å². The molecule has 61 heavy (non-hydrogen) atoms. The van der Waals surface area contributed by atoms with Gasteiger partial charge in [0.1, 0.15) is 0 Å². The molecule has 0 bridgehead atoms. The Hall–Kier alpha value is -6.38. The lowest BCUT2D eigenvalue weighted by molar-refractivity contribution is 0.583. The Labute approximate surface area is 363 Å². The van der Waals surface area contributed by atoms with Gasteiger partial charge in [0.05, 0.1) is 11.4 Å². The van der Waals surface area contributed by atoms with Gasteiger partial charge in [-0.1, -0.05) is 170 Å². The third kappa shape index (κ3) is 6.83. The van der Waals surface area contributed by atoms with E-state index in [1.54, 1.807) is 11.1 Å². The third-order valence-corrected chi connectivity index (χ3v) is 13.6. The first-order chi connectivity index (χ1) is 30.2. The molecular formula is C59H56N2. The van der Waals surface area contributed by atoms with Gasteiger partial charge in [-0.2, -0.15) is 0 Å². The van der Waals surface area contributed by atoms with Crippen molar-refractivity contribution in [2.24, 2.45) is 17.8 Å². The summed E-state index contributed by atoms with van der Waals surface area (Å²) in [6, 6.07) is 20.7. The largest absolute Gasteiger partial charge is 0.337 e. The van der Waals surface area contributed by atoms with Crippen molar-refractivity contribution in [3.8, 4) is 22.3 Å². The number of hydrogen-bond donors (Lipinski definition) is 0. The fraction of sp³-hybridized carbons (Fsp3) is 0.220. The summed E-state index contributed by atoms with van der Waals surface area (Å²) in [6.45, 7) is 10.4. The maximum absolute atomic E-state index is 4.76. The summed E-state index contributed by atoms with van der Waals surface area (Å²) in [5.74, 6) is 1.28. The van der Waals surface area contributed by atoms with Crippen LogP contribution in [0.3, 0.4) is 0 Å². The van der Waals surface area contributed by atoms with Crippen LogP contribution in [0.2, 0.25) is 0 Å². The normalized spacial score (nSPS) is 20.5. The van der Waals surface area contributed by atoms with Crippen LogP contribution >= 0.6 is 0 Å². The zero-order valence-corrected chi connectivity index (χ0v) is 35.7. The van der Waals surface area contributed by atoms with Gasteiger partial charge in [-0.15, -0.1) is 0 Å². The Morgan fingerprint density at radius 3 is 2.30 bits per heavy atom. The molecule has 6 aliphatic rings. The first kappa shape index (κ1) is 38.8. The zero-order valence-electron chi connectivity index (χ0n) is 35.7. The van der Waals surface area contributed by atoms with Crippen LogP contribution in [-0.2, 0) is 12.8 Å². The second kappa shape index (κ2) is 16.9. The highest BCUT2D eigenvalue weighted by atomic mass is 15.2. The number of hydrogen-bond acceptors (Lipinski definition) is 2. The molecule has 4 aromatic carbocycles. The van der Waals surface area contributed by atoms with Gasteiger partial charge < -0.3 is 9.80 Å². The van der Waals surface area contributed by atoms with Crippen molar-refractivity contribution in [3.05, 3.63) is 210 Å². The maximum Gasteiger partial charge on any atom is 0.0577 e. The van der Waals surface area contributed by atoms with Crippen LogP contribution < -0.4 is 9.80 Å². The highest BCUT2D eigenvalue weighted by molar-refractivity contribution is 6.24. The summed E-state index contributed by atoms with van der Waals surface area (Å²) in [5.41, 5.74) is 19.0. The van der Waals surface area contributed by atoms with Gasteiger partial charge in [-0.25, -0.2) is 0 Å². The summed E-state index contributed by atoms with van der Waals surface area (Å²) >= 11 is 0. The molecule has 302 valence electrons. The molecule has 0 radical (unpaired) electrons. The Kier molecular flexibility index (Phi) is 10.8. The Bertz CT molecular complexity index is 2750. The van der Waals surface area contributed by atoms with Crippen molar-refractivity contribution < 1.29 is 0 Å². The summed E-state index contributed by atoms with van der Waals surface area (Å²) in [6.07, 6.45) is 52.3. The molecule has 1 fully saturated rings. The van der Waals surface area contributed by atoms with Gasteiger partial charge in [0, 0.05) is 53.0 Å². The fourth-order valence-corrected chi connectivity index (χ4v) is 11.1. The van der Waals surface area contributed by atoms with Gasteiger partial charge in [-0.05, 0) is 121 Å². The molecule has 2 nitrogen and oxygen atoms in total. The molecule has 0 heterocycles. The SMILES string of the molecule is C=Cc1c(CC2CC3=CC=CC4C=CC=C2C34)c(N(C/C=C\C=C/C)C2=CCCC=C2)c2c(c1N(C/C=C\C=C/C)c1ccccc1)-c1cc3c(c4cccc-2c14)C=CCC3. The minimum Gasteiger partial charge on any atom is -0.337 e. The average Bonchev–Trinajstić information content (AvgIpc) is 3.83. The molecule has 3 unspecified atom stereocenters. The lowest BCUT2D eigenvalue weighted by atomic mass is 9.77. The van der Waals surface area contributed by atoms with E-state index < -0.39 is 0 Å². The molecule has 2 heteroatoms. The molecule has 0 amide bonds. The molecule has 10 rings (SSSR count). The smallest absolute Gasteiger partial charge is 0.0577 e. The monoisotopic (exact) mass is 792 g/mol. The summed E-state index contributed by atoms with van der Waals surface area (Å²) in [4.78, 5) is 5.24. The minimum absolute atomic E-state index is 0.375. The van der Waals surface area contributed by atoms with Crippen LogP contribution in [0, 0.1) is 17.8 Å². The van der Waals surface area contributed by atoms with Crippen LogP contribution in [-0.4, -0.2) is 13.1 Å². The van der Waals surface area contributed by atoms with E-state index in [1.165, 1.54) is 78.0 Å². The van der Waals surface area contributed by atoms with E-state index in [0.717, 1.165) is 51.6 Å². The van der Waals surface area contributed by atoms with Gasteiger partial charge in [-0.3, -0.25) is 0 Å². The number of nitrogens with zero attached hydrogens (tertiary/aromatic N) is 2. The Balaban J connectivity index is 1.33. The summed E-state index contributed by atoms with van der Waals surface area (Å²) in [5, 5.41) is 2.73. The summed E-state index contributed by atoms with van der Waals surface area (Å²) < 4.78 is 0. The minimum atomic E-state index is 0.375. The molecule has 0 aliphatic heterocycles. The number of allylic oxidation sites excluding steroid dienone is 18. The molecule has 0 aromatic heterocycles. The van der Waals surface area contributed by atoms with E-state index in [4.69, 9.17) is 6.58 Å². The van der Waals surface area contributed by atoms with Crippen molar-refractivity contribution in [2.45, 2.75) is 52.4 Å². The molecular weight excluding hydrogens is 737 g/mol. The summed E-state index contributed by atoms with van der Waals surface area (Å²) in [7, 11) is 0. The zero-order chi connectivity index (χ0) is 41.3. The van der Waals surface area contributed by atoms with E-state index in [9.17, 15) is 0 Å². The van der Waals surface area contributed by atoms with E-state index >= 15 is 0 Å². The predicted molar refractivity (Wildman–Crippen MR) is 264 cm³/mol. The number of para-hydroxylation sites is 1. The number of anilines is 3. The van der Waals surface area contributed by atoms with Crippen molar-refractivity contribution >= 4 is 40.0 Å². The Morgan fingerprint density at radius 1 is 0.754 bits per heavy atom. The van der Waals surface area contributed by atoms with Crippen LogP contribution in [0.4, 0.5) is 17.1 Å². The molecule has 0 spiro atoms. The van der Waals surface area contributed by atoms with Crippen LogP contribution in [0.1, 0.15) is 61.8 Å². The standard InChI is InChI=1S/C59H56N2/c1-4-7-9-19-36-60(45-28-13-11-14-29-45)58-47(6-3)52(40-44-38-43-27-21-25-41-26-22-33-49(44)54(41)43)59(61(37-20-10-8-5-2)46-30-15-12-16-31-46)56-51-35-23-34-50-48-32-18-17-24-42(48)39-53(55(50)51)57(56)58/h4-11,13-15,18-23,25-35,39,41,44,54H,3,12,16-17,24,36-38,40H2,1-2H3/b7-4-,8-5-,19-9-,20-10-. The van der Waals surface area contributed by atoms with Crippen molar-refractivity contribution in [2.75, 3.05) is 22.9 Å². The second-order valence-corrected chi connectivity index (χ2v) is 17.1. The molecule has 0 N–H and O–H groups in total. The van der Waals surface area contributed by atoms with Crippen molar-refractivity contribution in [1.29, 1.82) is 0 Å². The van der Waals surface area contributed by atoms with Gasteiger partial charge in [0.2, 0.25) is 0 Å².